The highest BCUT2D eigenvalue weighted by Crippen LogP contribution is 2.44. The quantitative estimate of drug-likeness (QED) is 0.162. The molecule has 0 bridgehead atoms. The van der Waals surface area contributed by atoms with E-state index < -0.39 is 0 Å². The first-order chi connectivity index (χ1) is 29.7. The first-order valence-corrected chi connectivity index (χ1v) is 20.1. The molecule has 0 spiro atoms. The van der Waals surface area contributed by atoms with E-state index in [4.69, 9.17) is 18.2 Å². The molecule has 3 heterocycles. The highest BCUT2D eigenvalue weighted by Gasteiger charge is 2.22. The normalized spacial score (nSPS) is 11.7. The standard InChI is InChI=1S/C55H34N2O3/c1-3-12-35(13-4-1)36-22-28-40(29-23-36)57(41-30-24-37(25-31-41)43-18-11-19-45-44-16-7-9-20-48(44)58-53(43)45)42-32-26-38(27-33-42)47-34-50-52(56-55(60-50)39-14-5-2-6-15-39)51-46-17-8-10-21-49(46)59-54(47)51/h1-34H. The molecule has 0 saturated carbocycles. The minimum Gasteiger partial charge on any atom is -0.455 e. The van der Waals surface area contributed by atoms with Crippen molar-refractivity contribution < 1.29 is 13.3 Å². The summed E-state index contributed by atoms with van der Waals surface area (Å²) >= 11 is 0. The summed E-state index contributed by atoms with van der Waals surface area (Å²) < 4.78 is 19.5. The zero-order chi connectivity index (χ0) is 39.6. The van der Waals surface area contributed by atoms with E-state index in [2.05, 4.69) is 144 Å². The van der Waals surface area contributed by atoms with Crippen molar-refractivity contribution in [2.75, 3.05) is 4.90 Å². The number of para-hydroxylation sites is 3. The van der Waals surface area contributed by atoms with Gasteiger partial charge in [0.2, 0.25) is 5.89 Å². The van der Waals surface area contributed by atoms with E-state index >= 15 is 0 Å². The molecule has 60 heavy (non-hydrogen) atoms. The van der Waals surface area contributed by atoms with Crippen molar-refractivity contribution in [1.29, 1.82) is 0 Å². The molecule has 0 saturated heterocycles. The van der Waals surface area contributed by atoms with Crippen LogP contribution < -0.4 is 4.90 Å². The van der Waals surface area contributed by atoms with Crippen LogP contribution in [0.15, 0.2) is 220 Å². The van der Waals surface area contributed by atoms with Crippen LogP contribution in [-0.2, 0) is 0 Å². The highest BCUT2D eigenvalue weighted by molar-refractivity contribution is 6.20. The molecule has 0 radical (unpaired) electrons. The fourth-order valence-electron chi connectivity index (χ4n) is 8.63. The summed E-state index contributed by atoms with van der Waals surface area (Å²) in [6.45, 7) is 0. The number of rotatable bonds is 7. The summed E-state index contributed by atoms with van der Waals surface area (Å²) in [5, 5.41) is 4.20. The lowest BCUT2D eigenvalue weighted by Gasteiger charge is -2.26. The molecule has 0 aliphatic carbocycles. The Morgan fingerprint density at radius 1 is 0.333 bits per heavy atom. The number of benzene rings is 9. The average Bonchev–Trinajstić information content (AvgIpc) is 4.04. The van der Waals surface area contributed by atoms with Gasteiger partial charge in [0.15, 0.2) is 5.58 Å². The largest absolute Gasteiger partial charge is 0.455 e. The molecule has 0 N–H and O–H groups in total. The van der Waals surface area contributed by atoms with Crippen LogP contribution in [0, 0.1) is 0 Å². The topological polar surface area (TPSA) is 55.6 Å². The summed E-state index contributed by atoms with van der Waals surface area (Å²) in [5.74, 6) is 0.582. The molecule has 3 aromatic heterocycles. The second-order valence-corrected chi connectivity index (χ2v) is 15.1. The number of aromatic nitrogens is 1. The number of furan rings is 2. The lowest BCUT2D eigenvalue weighted by Crippen LogP contribution is -2.09. The Kier molecular flexibility index (Phi) is 7.78. The van der Waals surface area contributed by atoms with Crippen LogP contribution in [0.5, 0.6) is 0 Å². The van der Waals surface area contributed by atoms with Crippen LogP contribution in [0.3, 0.4) is 0 Å². The third-order valence-corrected chi connectivity index (χ3v) is 11.5. The van der Waals surface area contributed by atoms with E-state index in [0.29, 0.717) is 11.5 Å². The Bertz CT molecular complexity index is 3510. The number of hydrogen-bond acceptors (Lipinski definition) is 5. The van der Waals surface area contributed by atoms with E-state index in [1.165, 1.54) is 5.56 Å². The molecule has 0 aliphatic heterocycles. The monoisotopic (exact) mass is 770 g/mol. The maximum atomic E-state index is 6.62. The number of anilines is 3. The van der Waals surface area contributed by atoms with Gasteiger partial charge in [-0.2, -0.15) is 0 Å². The minimum atomic E-state index is 0.582. The van der Waals surface area contributed by atoms with Crippen molar-refractivity contribution in [3.63, 3.8) is 0 Å². The van der Waals surface area contributed by atoms with Crippen molar-refractivity contribution in [3.8, 4) is 44.8 Å². The van der Waals surface area contributed by atoms with Crippen molar-refractivity contribution in [2.24, 2.45) is 0 Å². The van der Waals surface area contributed by atoms with Crippen LogP contribution in [0.1, 0.15) is 0 Å². The molecule has 0 aliphatic rings. The van der Waals surface area contributed by atoms with Crippen LogP contribution in [-0.4, -0.2) is 4.98 Å². The van der Waals surface area contributed by atoms with Crippen molar-refractivity contribution >= 4 is 72.0 Å². The third-order valence-electron chi connectivity index (χ3n) is 11.5. The van der Waals surface area contributed by atoms with E-state index in [1.54, 1.807) is 0 Å². The molecule has 5 heteroatoms. The van der Waals surface area contributed by atoms with Gasteiger partial charge in [0.1, 0.15) is 27.8 Å². The Hall–Kier alpha value is -8.15. The first-order valence-electron chi connectivity index (χ1n) is 20.1. The first kappa shape index (κ1) is 33.9. The van der Waals surface area contributed by atoms with Gasteiger partial charge < -0.3 is 18.2 Å². The van der Waals surface area contributed by atoms with Gasteiger partial charge in [0, 0.05) is 49.9 Å². The molecule has 5 nitrogen and oxygen atoms in total. The zero-order valence-electron chi connectivity index (χ0n) is 32.2. The van der Waals surface area contributed by atoms with Crippen molar-refractivity contribution in [3.05, 3.63) is 206 Å². The Morgan fingerprint density at radius 3 is 1.50 bits per heavy atom. The Balaban J connectivity index is 0.970. The van der Waals surface area contributed by atoms with Crippen LogP contribution in [0.25, 0.3) is 99.8 Å². The second kappa shape index (κ2) is 13.8. The summed E-state index contributed by atoms with van der Waals surface area (Å²) in [6.07, 6.45) is 0. The van der Waals surface area contributed by atoms with E-state index in [9.17, 15) is 0 Å². The summed E-state index contributed by atoms with van der Waals surface area (Å²) in [7, 11) is 0. The molecular formula is C55H34N2O3. The van der Waals surface area contributed by atoms with Gasteiger partial charge in [-0.1, -0.05) is 140 Å². The number of oxazole rings is 1. The van der Waals surface area contributed by atoms with Gasteiger partial charge in [-0.3, -0.25) is 0 Å². The van der Waals surface area contributed by atoms with Crippen LogP contribution in [0.4, 0.5) is 17.1 Å². The smallest absolute Gasteiger partial charge is 0.227 e. The Morgan fingerprint density at radius 2 is 0.833 bits per heavy atom. The zero-order valence-corrected chi connectivity index (χ0v) is 32.2. The van der Waals surface area contributed by atoms with Gasteiger partial charge in [-0.25, -0.2) is 4.98 Å². The van der Waals surface area contributed by atoms with Gasteiger partial charge >= 0.3 is 0 Å². The van der Waals surface area contributed by atoms with E-state index in [0.717, 1.165) is 99.8 Å². The average molecular weight is 771 g/mol. The number of nitrogens with zero attached hydrogens (tertiary/aromatic N) is 2. The molecule has 12 aromatic rings. The summed E-state index contributed by atoms with van der Waals surface area (Å²) in [5.41, 5.74) is 15.4. The van der Waals surface area contributed by atoms with Crippen LogP contribution >= 0.6 is 0 Å². The van der Waals surface area contributed by atoms with Gasteiger partial charge in [0.05, 0.1) is 5.39 Å². The lowest BCUT2D eigenvalue weighted by atomic mass is 10.00. The highest BCUT2D eigenvalue weighted by atomic mass is 16.4. The molecule has 0 amide bonds. The lowest BCUT2D eigenvalue weighted by molar-refractivity contribution is 0.619. The van der Waals surface area contributed by atoms with E-state index in [1.807, 2.05) is 66.7 Å². The predicted molar refractivity (Wildman–Crippen MR) is 245 cm³/mol. The summed E-state index contributed by atoms with van der Waals surface area (Å²) in [6, 6.07) is 71.5. The fourth-order valence-corrected chi connectivity index (χ4v) is 8.63. The van der Waals surface area contributed by atoms with Crippen molar-refractivity contribution in [1.82, 2.24) is 4.98 Å². The minimum absolute atomic E-state index is 0.582. The van der Waals surface area contributed by atoms with Crippen molar-refractivity contribution in [2.45, 2.75) is 0 Å². The molecule has 0 atom stereocenters. The molecule has 12 rings (SSSR count). The molecule has 282 valence electrons. The van der Waals surface area contributed by atoms with E-state index in [-0.39, 0.29) is 0 Å². The number of hydrogen-bond donors (Lipinski definition) is 0. The third kappa shape index (κ3) is 5.59. The molecule has 9 aromatic carbocycles. The summed E-state index contributed by atoms with van der Waals surface area (Å²) in [4.78, 5) is 7.31. The maximum Gasteiger partial charge on any atom is 0.227 e. The van der Waals surface area contributed by atoms with Gasteiger partial charge in [-0.15, -0.1) is 0 Å². The Labute approximate surface area is 345 Å². The molecule has 0 unspecified atom stereocenters. The maximum absolute atomic E-state index is 6.62. The van der Waals surface area contributed by atoms with Gasteiger partial charge in [0.25, 0.3) is 0 Å². The predicted octanol–water partition coefficient (Wildman–Crippen LogP) is 15.8. The second-order valence-electron chi connectivity index (χ2n) is 15.1. The number of fused-ring (bicyclic) bond motifs is 8. The van der Waals surface area contributed by atoms with Crippen LogP contribution in [0.2, 0.25) is 0 Å². The SMILES string of the molecule is c1ccc(-c2ccc(N(c3ccc(-c4cccc5c4oc4ccccc45)cc3)c3ccc(-c4cc5oc(-c6ccccc6)nc5c5c4oc4ccccc45)cc3)cc2)cc1. The molecule has 0 fully saturated rings. The molecular weight excluding hydrogens is 737 g/mol. The fraction of sp³-hybridized carbons (Fsp3) is 0. The van der Waals surface area contributed by atoms with Gasteiger partial charge in [-0.05, 0) is 89.0 Å².